The highest BCUT2D eigenvalue weighted by molar-refractivity contribution is 9.10. The topological polar surface area (TPSA) is 92.5 Å². The number of likely N-dealkylation sites (N-methyl/N-ethyl adjacent to an activating group) is 1. The van der Waals surface area contributed by atoms with Gasteiger partial charge in [0.1, 0.15) is 12.4 Å². The Morgan fingerprint density at radius 3 is 2.47 bits per heavy atom. The minimum absolute atomic E-state index is 0.125. The molecule has 9 nitrogen and oxygen atoms in total. The fourth-order valence-corrected chi connectivity index (χ4v) is 6.30. The van der Waals surface area contributed by atoms with E-state index in [-0.39, 0.29) is 35.1 Å². The number of hydrogen-bond acceptors (Lipinski definition) is 7. The maximum Gasteiger partial charge on any atom is 0.417 e. The van der Waals surface area contributed by atoms with Crippen LogP contribution in [-0.4, -0.2) is 69.2 Å². The highest BCUT2D eigenvalue weighted by Gasteiger charge is 2.36. The van der Waals surface area contributed by atoms with E-state index in [9.17, 15) is 27.6 Å². The molecule has 0 aliphatic carbocycles. The summed E-state index contributed by atoms with van der Waals surface area (Å²) in [6, 6.07) is 12.2. The van der Waals surface area contributed by atoms with Gasteiger partial charge in [0.2, 0.25) is 5.91 Å². The molecule has 1 saturated heterocycles. The van der Waals surface area contributed by atoms with Crippen molar-refractivity contribution in [3.8, 4) is 11.3 Å². The SMILES string of the molecule is CN1CCN(C(=O)Cn2c(Br)c(-c3cc(NCc4ccc(Cl)s4)n(C(=O)c4ccccc4C(F)(F)F)n3)ccc2=O)CC1. The van der Waals surface area contributed by atoms with Crippen LogP contribution in [0, 0.1) is 0 Å². The lowest BCUT2D eigenvalue weighted by molar-refractivity contribution is -0.138. The summed E-state index contributed by atoms with van der Waals surface area (Å²) in [7, 11) is 1.97. The Kier molecular flexibility index (Phi) is 9.11. The number of benzene rings is 1. The minimum atomic E-state index is -4.77. The molecule has 15 heteroatoms. The number of alkyl halides is 3. The van der Waals surface area contributed by atoms with Crippen molar-refractivity contribution in [2.75, 3.05) is 38.5 Å². The molecule has 1 aliphatic rings. The fourth-order valence-electron chi connectivity index (χ4n) is 4.63. The summed E-state index contributed by atoms with van der Waals surface area (Å²) in [5, 5.41) is 7.44. The number of nitrogens with zero attached hydrogens (tertiary/aromatic N) is 5. The van der Waals surface area contributed by atoms with Gasteiger partial charge in [0.15, 0.2) is 0 Å². The van der Waals surface area contributed by atoms with Gasteiger partial charge in [-0.2, -0.15) is 23.0 Å². The van der Waals surface area contributed by atoms with Gasteiger partial charge >= 0.3 is 6.18 Å². The van der Waals surface area contributed by atoms with Crippen LogP contribution in [0.2, 0.25) is 4.34 Å². The molecule has 4 aromatic rings. The lowest BCUT2D eigenvalue weighted by Gasteiger charge is -2.32. The van der Waals surface area contributed by atoms with Crippen LogP contribution in [0.3, 0.4) is 0 Å². The van der Waals surface area contributed by atoms with Crippen molar-refractivity contribution in [3.05, 3.63) is 89.9 Å². The van der Waals surface area contributed by atoms with E-state index >= 15 is 0 Å². The van der Waals surface area contributed by atoms with E-state index < -0.39 is 28.8 Å². The molecule has 1 aliphatic heterocycles. The molecule has 226 valence electrons. The molecule has 1 fully saturated rings. The van der Waals surface area contributed by atoms with E-state index in [2.05, 4.69) is 31.2 Å². The van der Waals surface area contributed by atoms with Gasteiger partial charge < -0.3 is 15.1 Å². The Balaban J connectivity index is 1.52. The maximum atomic E-state index is 13.8. The van der Waals surface area contributed by atoms with Crippen LogP contribution in [0.5, 0.6) is 0 Å². The summed E-state index contributed by atoms with van der Waals surface area (Å²) in [5.74, 6) is -1.10. The first-order valence-electron chi connectivity index (χ1n) is 13.1. The Bertz CT molecular complexity index is 1730. The van der Waals surface area contributed by atoms with Crippen LogP contribution in [0.1, 0.15) is 20.8 Å². The molecular weight excluding hydrogens is 673 g/mol. The maximum absolute atomic E-state index is 13.8. The van der Waals surface area contributed by atoms with Gasteiger partial charge in [0.05, 0.1) is 32.3 Å². The zero-order valence-corrected chi connectivity index (χ0v) is 25.9. The van der Waals surface area contributed by atoms with Gasteiger partial charge in [-0.05, 0) is 53.3 Å². The second kappa shape index (κ2) is 12.6. The Morgan fingerprint density at radius 2 is 1.79 bits per heavy atom. The lowest BCUT2D eigenvalue weighted by Crippen LogP contribution is -2.48. The number of pyridine rings is 1. The smallest absolute Gasteiger partial charge is 0.365 e. The molecule has 0 radical (unpaired) electrons. The van der Waals surface area contributed by atoms with E-state index in [0.717, 1.165) is 34.8 Å². The standard InChI is InChI=1S/C28H25BrClF3N6O3S/c1-36-10-12-37(13-11-36)25(41)16-38-24(40)9-7-19(26(38)29)21-14-23(34-15-17-6-8-22(30)43-17)39(35-21)27(42)18-4-2-3-5-20(18)28(31,32)33/h2-9,14,34H,10-13,15-16H2,1H3. The van der Waals surface area contributed by atoms with Crippen LogP contribution < -0.4 is 10.9 Å². The number of halogens is 5. The van der Waals surface area contributed by atoms with E-state index in [1.807, 2.05) is 7.05 Å². The number of anilines is 1. The first-order valence-corrected chi connectivity index (χ1v) is 15.1. The van der Waals surface area contributed by atoms with Crippen molar-refractivity contribution in [1.29, 1.82) is 0 Å². The third kappa shape index (κ3) is 6.87. The second-order valence-electron chi connectivity index (χ2n) is 9.88. The molecular formula is C28H25BrClF3N6O3S. The van der Waals surface area contributed by atoms with Gasteiger partial charge in [0, 0.05) is 48.8 Å². The predicted molar refractivity (Wildman–Crippen MR) is 162 cm³/mol. The fraction of sp³-hybridized carbons (Fsp3) is 0.286. The summed E-state index contributed by atoms with van der Waals surface area (Å²) in [4.78, 5) is 44.0. The molecule has 4 heterocycles. The summed E-state index contributed by atoms with van der Waals surface area (Å²) >= 11 is 10.8. The van der Waals surface area contributed by atoms with E-state index in [4.69, 9.17) is 11.6 Å². The molecule has 0 saturated carbocycles. The van der Waals surface area contributed by atoms with Gasteiger partial charge in [-0.25, -0.2) is 0 Å². The summed E-state index contributed by atoms with van der Waals surface area (Å²) in [6.07, 6.45) is -4.77. The van der Waals surface area contributed by atoms with Crippen LogP contribution in [-0.2, 0) is 24.1 Å². The average molecular weight is 698 g/mol. The van der Waals surface area contributed by atoms with E-state index in [0.29, 0.717) is 23.0 Å². The van der Waals surface area contributed by atoms with Crippen molar-refractivity contribution < 1.29 is 22.8 Å². The zero-order chi connectivity index (χ0) is 30.9. The van der Waals surface area contributed by atoms with Gasteiger partial charge in [-0.3, -0.25) is 19.0 Å². The van der Waals surface area contributed by atoms with Crippen LogP contribution in [0.15, 0.2) is 64.0 Å². The van der Waals surface area contributed by atoms with Crippen LogP contribution >= 0.6 is 38.9 Å². The monoisotopic (exact) mass is 696 g/mol. The third-order valence-corrected chi connectivity index (χ3v) is 9.07. The first-order chi connectivity index (χ1) is 20.4. The summed E-state index contributed by atoms with van der Waals surface area (Å²) in [5.41, 5.74) is -1.54. The molecule has 43 heavy (non-hydrogen) atoms. The van der Waals surface area contributed by atoms with Crippen molar-refractivity contribution in [1.82, 2.24) is 24.1 Å². The molecule has 1 N–H and O–H groups in total. The number of piperazine rings is 1. The number of thiophene rings is 1. The zero-order valence-electron chi connectivity index (χ0n) is 22.7. The molecule has 1 aromatic carbocycles. The quantitative estimate of drug-likeness (QED) is 0.265. The Labute approximate surface area is 261 Å². The number of amides is 1. The van der Waals surface area contributed by atoms with Crippen LogP contribution in [0.25, 0.3) is 11.3 Å². The predicted octanol–water partition coefficient (Wildman–Crippen LogP) is 5.28. The van der Waals surface area contributed by atoms with Gasteiger partial charge in [0.25, 0.3) is 11.5 Å². The molecule has 0 unspecified atom stereocenters. The Morgan fingerprint density at radius 1 is 1.07 bits per heavy atom. The molecule has 3 aromatic heterocycles. The van der Waals surface area contributed by atoms with Gasteiger partial charge in [-0.1, -0.05) is 23.7 Å². The van der Waals surface area contributed by atoms with Gasteiger partial charge in [-0.15, -0.1) is 11.3 Å². The largest absolute Gasteiger partial charge is 0.417 e. The average Bonchev–Trinajstić information content (AvgIpc) is 3.59. The lowest BCUT2D eigenvalue weighted by atomic mass is 10.1. The Hall–Kier alpha value is -3.46. The minimum Gasteiger partial charge on any atom is -0.365 e. The molecule has 0 spiro atoms. The molecule has 5 rings (SSSR count). The van der Waals surface area contributed by atoms with Crippen molar-refractivity contribution in [2.24, 2.45) is 0 Å². The molecule has 0 atom stereocenters. The van der Waals surface area contributed by atoms with Crippen molar-refractivity contribution >= 4 is 56.5 Å². The highest BCUT2D eigenvalue weighted by Crippen LogP contribution is 2.34. The number of carbonyl (C=O) groups excluding carboxylic acids is 2. The number of hydrogen-bond donors (Lipinski definition) is 1. The third-order valence-electron chi connectivity index (χ3n) is 6.98. The number of rotatable bonds is 7. The molecule has 1 amide bonds. The van der Waals surface area contributed by atoms with Crippen molar-refractivity contribution in [2.45, 2.75) is 19.3 Å². The second-order valence-corrected chi connectivity index (χ2v) is 12.4. The normalized spacial score (nSPS) is 14.2. The first kappa shape index (κ1) is 31.0. The number of nitrogens with one attached hydrogen (secondary N) is 1. The van der Waals surface area contributed by atoms with Crippen molar-refractivity contribution in [3.63, 3.8) is 0 Å². The summed E-state index contributed by atoms with van der Waals surface area (Å²) < 4.78 is 44.3. The van der Waals surface area contributed by atoms with Crippen LogP contribution in [0.4, 0.5) is 19.0 Å². The molecule has 0 bridgehead atoms. The summed E-state index contributed by atoms with van der Waals surface area (Å²) in [6.45, 7) is 2.52. The highest BCUT2D eigenvalue weighted by atomic mass is 79.9. The number of carbonyl (C=O) groups is 2. The number of aromatic nitrogens is 3. The van der Waals surface area contributed by atoms with E-state index in [1.54, 1.807) is 17.0 Å². The van der Waals surface area contributed by atoms with E-state index in [1.165, 1.54) is 46.2 Å².